The predicted octanol–water partition coefficient (Wildman–Crippen LogP) is 4.23. The Morgan fingerprint density at radius 1 is 1.14 bits per heavy atom. The van der Waals surface area contributed by atoms with E-state index in [9.17, 15) is 4.79 Å². The zero-order chi connectivity index (χ0) is 19.3. The Morgan fingerprint density at radius 2 is 1.93 bits per heavy atom. The van der Waals surface area contributed by atoms with E-state index in [1.165, 1.54) is 5.56 Å². The van der Waals surface area contributed by atoms with Gasteiger partial charge in [0.1, 0.15) is 0 Å². The van der Waals surface area contributed by atoms with E-state index >= 15 is 0 Å². The minimum Gasteiger partial charge on any atom is -0.349 e. The molecule has 0 spiro atoms. The fourth-order valence-electron chi connectivity index (χ4n) is 3.66. The summed E-state index contributed by atoms with van der Waals surface area (Å²) in [5.41, 5.74) is 3.61. The number of aromatic nitrogens is 2. The smallest absolute Gasteiger partial charge is 0.255 e. The summed E-state index contributed by atoms with van der Waals surface area (Å²) in [5, 5.41) is 10.2. The lowest BCUT2D eigenvalue weighted by Crippen LogP contribution is -2.44. The normalized spacial score (nSPS) is 15.5. The first-order valence-corrected chi connectivity index (χ1v) is 10.3. The average molecular weight is 439 g/mol. The number of benzene rings is 2. The van der Waals surface area contributed by atoms with Gasteiger partial charge in [-0.1, -0.05) is 58.4 Å². The highest BCUT2D eigenvalue weighted by Crippen LogP contribution is 2.24. The number of likely N-dealkylation sites (tertiary alicyclic amines) is 1. The summed E-state index contributed by atoms with van der Waals surface area (Å²) in [5.74, 6) is -0.0646. The van der Waals surface area contributed by atoms with Gasteiger partial charge < -0.3 is 5.32 Å². The van der Waals surface area contributed by atoms with Crippen molar-refractivity contribution in [2.24, 2.45) is 0 Å². The maximum Gasteiger partial charge on any atom is 0.255 e. The molecule has 1 fully saturated rings. The Bertz CT molecular complexity index is 932. The van der Waals surface area contributed by atoms with Gasteiger partial charge in [-0.15, -0.1) is 0 Å². The van der Waals surface area contributed by atoms with Crippen LogP contribution in [0.25, 0.3) is 11.3 Å². The van der Waals surface area contributed by atoms with Gasteiger partial charge >= 0.3 is 0 Å². The fraction of sp³-hybridized carbons (Fsp3) is 0.273. The fourth-order valence-corrected chi connectivity index (χ4v) is 4.06. The van der Waals surface area contributed by atoms with Crippen molar-refractivity contribution in [2.75, 3.05) is 13.1 Å². The highest BCUT2D eigenvalue weighted by molar-refractivity contribution is 9.10. The maximum atomic E-state index is 12.8. The number of carbonyl (C=O) groups excluding carboxylic acids is 1. The van der Waals surface area contributed by atoms with E-state index < -0.39 is 0 Å². The summed E-state index contributed by atoms with van der Waals surface area (Å²) in [6.45, 7) is 2.95. The Labute approximate surface area is 173 Å². The van der Waals surface area contributed by atoms with E-state index in [1.807, 2.05) is 30.3 Å². The Hall–Kier alpha value is -2.44. The van der Waals surface area contributed by atoms with Crippen molar-refractivity contribution in [1.29, 1.82) is 0 Å². The summed E-state index contributed by atoms with van der Waals surface area (Å²) < 4.78 is 0.969. The SMILES string of the molecule is O=C(NC1CCN(Cc2ccccc2)CC1)c1cn[nH]c1-c1cccc(Br)c1. The van der Waals surface area contributed by atoms with E-state index in [0.717, 1.165) is 48.2 Å². The molecule has 2 heterocycles. The summed E-state index contributed by atoms with van der Waals surface area (Å²) >= 11 is 3.48. The number of nitrogens with zero attached hydrogens (tertiary/aromatic N) is 2. The molecular weight excluding hydrogens is 416 g/mol. The van der Waals surface area contributed by atoms with Gasteiger partial charge in [0.2, 0.25) is 0 Å². The summed E-state index contributed by atoms with van der Waals surface area (Å²) in [6, 6.07) is 18.6. The predicted molar refractivity (Wildman–Crippen MR) is 114 cm³/mol. The second kappa shape index (κ2) is 8.71. The number of aromatic amines is 1. The first-order valence-electron chi connectivity index (χ1n) is 9.55. The largest absolute Gasteiger partial charge is 0.349 e. The molecule has 0 unspecified atom stereocenters. The number of hydrogen-bond donors (Lipinski definition) is 2. The second-order valence-corrected chi connectivity index (χ2v) is 8.09. The van der Waals surface area contributed by atoms with Gasteiger partial charge in [0.25, 0.3) is 5.91 Å². The van der Waals surface area contributed by atoms with E-state index in [0.29, 0.717) is 5.56 Å². The van der Waals surface area contributed by atoms with Gasteiger partial charge in [0.05, 0.1) is 17.5 Å². The molecule has 144 valence electrons. The quantitative estimate of drug-likeness (QED) is 0.626. The van der Waals surface area contributed by atoms with Gasteiger partial charge in [0.15, 0.2) is 0 Å². The molecule has 2 N–H and O–H groups in total. The molecule has 6 heteroatoms. The van der Waals surface area contributed by atoms with Gasteiger partial charge in [-0.3, -0.25) is 14.8 Å². The maximum absolute atomic E-state index is 12.8. The molecule has 4 rings (SSSR count). The van der Waals surface area contributed by atoms with Crippen molar-refractivity contribution in [2.45, 2.75) is 25.4 Å². The van der Waals surface area contributed by atoms with Crippen molar-refractivity contribution < 1.29 is 4.79 Å². The first kappa shape index (κ1) is 18.9. The van der Waals surface area contributed by atoms with Crippen LogP contribution >= 0.6 is 15.9 Å². The van der Waals surface area contributed by atoms with Gasteiger partial charge in [-0.25, -0.2) is 0 Å². The number of nitrogens with one attached hydrogen (secondary N) is 2. The number of amides is 1. The van der Waals surface area contributed by atoms with Crippen LogP contribution in [0.4, 0.5) is 0 Å². The molecule has 3 aromatic rings. The lowest BCUT2D eigenvalue weighted by Gasteiger charge is -2.32. The molecule has 0 atom stereocenters. The van der Waals surface area contributed by atoms with Crippen LogP contribution in [0.5, 0.6) is 0 Å². The molecule has 0 bridgehead atoms. The van der Waals surface area contributed by atoms with Crippen LogP contribution in [-0.4, -0.2) is 40.1 Å². The standard InChI is InChI=1S/C22H23BrN4O/c23-18-8-4-7-17(13-18)21-20(14-24-26-21)22(28)25-19-9-11-27(12-10-19)15-16-5-2-1-3-6-16/h1-8,13-14,19H,9-12,15H2,(H,24,26)(H,25,28). The molecule has 28 heavy (non-hydrogen) atoms. The molecule has 0 saturated carbocycles. The molecule has 1 saturated heterocycles. The Kier molecular flexibility index (Phi) is 5.88. The number of rotatable bonds is 5. The average Bonchev–Trinajstić information content (AvgIpc) is 3.20. The van der Waals surface area contributed by atoms with Crippen LogP contribution in [0.15, 0.2) is 65.3 Å². The Morgan fingerprint density at radius 3 is 2.68 bits per heavy atom. The van der Waals surface area contributed by atoms with Crippen molar-refractivity contribution >= 4 is 21.8 Å². The number of carbonyl (C=O) groups is 1. The highest BCUT2D eigenvalue weighted by atomic mass is 79.9. The van der Waals surface area contributed by atoms with Gasteiger partial charge in [-0.05, 0) is 30.5 Å². The monoisotopic (exact) mass is 438 g/mol. The summed E-state index contributed by atoms with van der Waals surface area (Å²) in [6.07, 6.45) is 3.53. The van der Waals surface area contributed by atoms with E-state index in [2.05, 4.69) is 60.6 Å². The third kappa shape index (κ3) is 4.51. The van der Waals surface area contributed by atoms with Crippen LogP contribution in [0.3, 0.4) is 0 Å². The Balaban J connectivity index is 1.35. The van der Waals surface area contributed by atoms with Crippen LogP contribution in [-0.2, 0) is 6.54 Å². The molecule has 0 radical (unpaired) electrons. The molecule has 1 amide bonds. The van der Waals surface area contributed by atoms with Crippen molar-refractivity contribution in [3.05, 3.63) is 76.4 Å². The van der Waals surface area contributed by atoms with Crippen molar-refractivity contribution in [3.63, 3.8) is 0 Å². The zero-order valence-corrected chi connectivity index (χ0v) is 17.2. The third-order valence-corrected chi connectivity index (χ3v) is 5.66. The van der Waals surface area contributed by atoms with E-state index in [1.54, 1.807) is 6.20 Å². The van der Waals surface area contributed by atoms with Crippen LogP contribution in [0.1, 0.15) is 28.8 Å². The van der Waals surface area contributed by atoms with Crippen LogP contribution in [0, 0.1) is 0 Å². The topological polar surface area (TPSA) is 61.0 Å². The number of halogens is 1. The molecule has 2 aromatic carbocycles. The van der Waals surface area contributed by atoms with Crippen LogP contribution in [0.2, 0.25) is 0 Å². The van der Waals surface area contributed by atoms with Gasteiger partial charge in [-0.2, -0.15) is 5.10 Å². The lowest BCUT2D eigenvalue weighted by molar-refractivity contribution is 0.0909. The minimum absolute atomic E-state index is 0.0646. The van der Waals surface area contributed by atoms with Crippen LogP contribution < -0.4 is 5.32 Å². The van der Waals surface area contributed by atoms with Crippen molar-refractivity contribution in [3.8, 4) is 11.3 Å². The number of H-pyrrole nitrogens is 1. The van der Waals surface area contributed by atoms with Gasteiger partial charge in [0, 0.05) is 35.7 Å². The minimum atomic E-state index is -0.0646. The van der Waals surface area contributed by atoms with E-state index in [4.69, 9.17) is 0 Å². The number of piperidine rings is 1. The molecule has 1 aromatic heterocycles. The third-order valence-electron chi connectivity index (χ3n) is 5.17. The lowest BCUT2D eigenvalue weighted by atomic mass is 10.0. The second-order valence-electron chi connectivity index (χ2n) is 7.18. The first-order chi connectivity index (χ1) is 13.7. The molecule has 5 nitrogen and oxygen atoms in total. The zero-order valence-electron chi connectivity index (χ0n) is 15.6. The molecule has 1 aliphatic heterocycles. The van der Waals surface area contributed by atoms with Crippen molar-refractivity contribution in [1.82, 2.24) is 20.4 Å². The van der Waals surface area contributed by atoms with E-state index in [-0.39, 0.29) is 11.9 Å². The number of hydrogen-bond acceptors (Lipinski definition) is 3. The summed E-state index contributed by atoms with van der Waals surface area (Å²) in [7, 11) is 0. The summed E-state index contributed by atoms with van der Waals surface area (Å²) in [4.78, 5) is 15.3. The molecule has 1 aliphatic rings. The highest BCUT2D eigenvalue weighted by Gasteiger charge is 2.23. The molecular formula is C22H23BrN4O. The molecule has 0 aliphatic carbocycles.